The van der Waals surface area contributed by atoms with E-state index in [2.05, 4.69) is 11.1 Å². The van der Waals surface area contributed by atoms with Gasteiger partial charge in [-0.25, -0.2) is 0 Å². The van der Waals surface area contributed by atoms with Crippen LogP contribution in [0.25, 0.3) is 0 Å². The number of esters is 1. The van der Waals surface area contributed by atoms with Gasteiger partial charge in [0.1, 0.15) is 5.92 Å². The minimum absolute atomic E-state index is 0.0658. The molecule has 4 nitrogen and oxygen atoms in total. The van der Waals surface area contributed by atoms with Gasteiger partial charge in [0.25, 0.3) is 0 Å². The van der Waals surface area contributed by atoms with Crippen molar-refractivity contribution in [3.63, 3.8) is 0 Å². The first kappa shape index (κ1) is 11.3. The predicted molar refractivity (Wildman–Crippen MR) is 54.0 cm³/mol. The highest BCUT2D eigenvalue weighted by atomic mass is 16.5. The van der Waals surface area contributed by atoms with E-state index in [1.807, 2.05) is 13.8 Å². The van der Waals surface area contributed by atoms with Gasteiger partial charge >= 0.3 is 5.97 Å². The Balaban J connectivity index is 3.00. The van der Waals surface area contributed by atoms with Crippen LogP contribution in [0.15, 0.2) is 10.6 Å². The van der Waals surface area contributed by atoms with Crippen molar-refractivity contribution in [2.24, 2.45) is 5.92 Å². The molecule has 1 aromatic rings. The summed E-state index contributed by atoms with van der Waals surface area (Å²) < 4.78 is 9.70. The van der Waals surface area contributed by atoms with Crippen molar-refractivity contribution in [1.82, 2.24) is 5.16 Å². The van der Waals surface area contributed by atoms with E-state index in [1.54, 1.807) is 6.07 Å². The third-order valence-electron chi connectivity index (χ3n) is 2.10. The number of methoxy groups -OCH3 is 1. The van der Waals surface area contributed by atoms with Crippen molar-refractivity contribution in [1.29, 1.82) is 0 Å². The summed E-state index contributed by atoms with van der Waals surface area (Å²) in [5, 5.41) is 3.64. The molecule has 0 bridgehead atoms. The average Bonchev–Trinajstić information content (AvgIpc) is 2.65. The lowest BCUT2D eigenvalue weighted by atomic mass is 9.93. The molecule has 0 amide bonds. The van der Waals surface area contributed by atoms with E-state index in [1.165, 1.54) is 7.11 Å². The Morgan fingerprint density at radius 1 is 1.67 bits per heavy atom. The molecule has 1 aromatic heterocycles. The third-order valence-corrected chi connectivity index (χ3v) is 2.10. The van der Waals surface area contributed by atoms with Crippen molar-refractivity contribution in [2.75, 3.05) is 7.11 Å². The molecule has 1 atom stereocenters. The number of nitrogens with zero attached hydrogens (tertiary/aromatic N) is 1. The van der Waals surface area contributed by atoms with Crippen LogP contribution in [0.5, 0.6) is 0 Å². The zero-order valence-electron chi connectivity index (χ0n) is 8.98. The maximum absolute atomic E-state index is 11.5. The number of carbonyl (C=O) groups is 1. The Hall–Kier alpha value is -1.76. The molecule has 0 aliphatic rings. The normalized spacial score (nSPS) is 12.2. The molecule has 4 heteroatoms. The summed E-state index contributed by atoms with van der Waals surface area (Å²) in [4.78, 5) is 11.5. The first-order valence-corrected chi connectivity index (χ1v) is 4.61. The van der Waals surface area contributed by atoms with Crippen molar-refractivity contribution in [3.8, 4) is 12.3 Å². The summed E-state index contributed by atoms with van der Waals surface area (Å²) in [6.07, 6.45) is 5.16. The summed E-state index contributed by atoms with van der Waals surface area (Å²) in [5.74, 6) is 2.06. The Kier molecular flexibility index (Phi) is 3.51. The van der Waals surface area contributed by atoms with Gasteiger partial charge in [-0.1, -0.05) is 19.0 Å². The lowest BCUT2D eigenvalue weighted by Crippen LogP contribution is -2.19. The van der Waals surface area contributed by atoms with E-state index in [0.29, 0.717) is 11.5 Å². The third kappa shape index (κ3) is 2.38. The van der Waals surface area contributed by atoms with Crippen LogP contribution in [0.1, 0.15) is 31.2 Å². The van der Waals surface area contributed by atoms with Gasteiger partial charge in [-0.15, -0.1) is 6.42 Å². The van der Waals surface area contributed by atoms with Gasteiger partial charge in [0.2, 0.25) is 0 Å². The largest absolute Gasteiger partial charge is 0.468 e. The molecule has 1 heterocycles. The fraction of sp³-hybridized carbons (Fsp3) is 0.455. The van der Waals surface area contributed by atoms with Gasteiger partial charge in [0.05, 0.1) is 7.11 Å². The number of hydrogen-bond donors (Lipinski definition) is 0. The quantitative estimate of drug-likeness (QED) is 0.557. The summed E-state index contributed by atoms with van der Waals surface area (Å²) >= 11 is 0. The lowest BCUT2D eigenvalue weighted by Gasteiger charge is -2.14. The van der Waals surface area contributed by atoms with Gasteiger partial charge < -0.3 is 9.26 Å². The molecule has 0 aliphatic heterocycles. The minimum atomic E-state index is -0.454. The van der Waals surface area contributed by atoms with Gasteiger partial charge in [0, 0.05) is 6.07 Å². The first-order valence-electron chi connectivity index (χ1n) is 4.61. The Morgan fingerprint density at radius 3 is 2.73 bits per heavy atom. The monoisotopic (exact) mass is 207 g/mol. The number of hydrogen-bond acceptors (Lipinski definition) is 4. The van der Waals surface area contributed by atoms with Crippen LogP contribution in [0.4, 0.5) is 0 Å². The SMILES string of the molecule is C#Cc1cc(C(C(=O)OC)C(C)C)on1. The van der Waals surface area contributed by atoms with Crippen LogP contribution in [-0.4, -0.2) is 18.2 Å². The van der Waals surface area contributed by atoms with Gasteiger partial charge in [-0.3, -0.25) is 4.79 Å². The first-order chi connectivity index (χ1) is 7.10. The fourth-order valence-electron chi connectivity index (χ4n) is 1.35. The van der Waals surface area contributed by atoms with Crippen LogP contribution in [0, 0.1) is 18.3 Å². The van der Waals surface area contributed by atoms with E-state index in [4.69, 9.17) is 15.7 Å². The van der Waals surface area contributed by atoms with Crippen LogP contribution >= 0.6 is 0 Å². The van der Waals surface area contributed by atoms with Crippen LogP contribution in [-0.2, 0) is 9.53 Å². The molecule has 1 unspecified atom stereocenters. The molecular weight excluding hydrogens is 194 g/mol. The second-order valence-corrected chi connectivity index (χ2v) is 3.50. The van der Waals surface area contributed by atoms with Gasteiger partial charge in [-0.05, 0) is 11.8 Å². The van der Waals surface area contributed by atoms with Crippen molar-refractivity contribution >= 4 is 5.97 Å². The van der Waals surface area contributed by atoms with Crippen molar-refractivity contribution in [3.05, 3.63) is 17.5 Å². The molecule has 0 aliphatic carbocycles. The molecule has 0 saturated carbocycles. The standard InChI is InChI=1S/C11H13NO3/c1-5-8-6-9(15-12-8)10(7(2)3)11(13)14-4/h1,6-7,10H,2-4H3. The van der Waals surface area contributed by atoms with Gasteiger partial charge in [-0.2, -0.15) is 0 Å². The van der Waals surface area contributed by atoms with Crippen LogP contribution in [0.3, 0.4) is 0 Å². The summed E-state index contributed by atoms with van der Waals surface area (Å²) in [6, 6.07) is 1.58. The topological polar surface area (TPSA) is 52.3 Å². The van der Waals surface area contributed by atoms with Crippen LogP contribution < -0.4 is 0 Å². The Bertz CT molecular complexity index is 387. The smallest absolute Gasteiger partial charge is 0.316 e. The molecule has 0 radical (unpaired) electrons. The predicted octanol–water partition coefficient (Wildman–Crippen LogP) is 1.57. The van der Waals surface area contributed by atoms with E-state index in [9.17, 15) is 4.79 Å². The number of rotatable bonds is 3. The highest BCUT2D eigenvalue weighted by Crippen LogP contribution is 2.26. The fourth-order valence-corrected chi connectivity index (χ4v) is 1.35. The number of ether oxygens (including phenoxy) is 1. The highest BCUT2D eigenvalue weighted by Gasteiger charge is 2.28. The zero-order chi connectivity index (χ0) is 11.4. The highest BCUT2D eigenvalue weighted by molar-refractivity contribution is 5.77. The molecule has 0 N–H and O–H groups in total. The summed E-state index contributed by atoms with van der Waals surface area (Å²) in [7, 11) is 1.34. The Labute approximate surface area is 88.6 Å². The molecular formula is C11H13NO3. The van der Waals surface area contributed by atoms with E-state index < -0.39 is 5.92 Å². The lowest BCUT2D eigenvalue weighted by molar-refractivity contribution is -0.144. The number of carbonyl (C=O) groups excluding carboxylic acids is 1. The molecule has 0 aromatic carbocycles. The zero-order valence-corrected chi connectivity index (χ0v) is 8.98. The second-order valence-electron chi connectivity index (χ2n) is 3.50. The molecule has 1 rings (SSSR count). The van der Waals surface area contributed by atoms with Crippen molar-refractivity contribution < 1.29 is 14.1 Å². The molecule has 80 valence electrons. The van der Waals surface area contributed by atoms with Crippen LogP contribution in [0.2, 0.25) is 0 Å². The van der Waals surface area contributed by atoms with E-state index in [0.717, 1.165) is 0 Å². The maximum Gasteiger partial charge on any atom is 0.316 e. The maximum atomic E-state index is 11.5. The van der Waals surface area contributed by atoms with E-state index in [-0.39, 0.29) is 11.9 Å². The molecule has 15 heavy (non-hydrogen) atoms. The molecule has 0 fully saturated rings. The van der Waals surface area contributed by atoms with Gasteiger partial charge in [0.15, 0.2) is 11.5 Å². The summed E-state index contributed by atoms with van der Waals surface area (Å²) in [6.45, 7) is 3.80. The Morgan fingerprint density at radius 2 is 2.33 bits per heavy atom. The molecule has 0 saturated heterocycles. The minimum Gasteiger partial charge on any atom is -0.468 e. The average molecular weight is 207 g/mol. The number of terminal acetylenes is 1. The number of aromatic nitrogens is 1. The second kappa shape index (κ2) is 4.65. The summed E-state index contributed by atoms with van der Waals surface area (Å²) in [5.41, 5.74) is 0.388. The molecule has 0 spiro atoms. The van der Waals surface area contributed by atoms with E-state index >= 15 is 0 Å². The van der Waals surface area contributed by atoms with Crippen molar-refractivity contribution in [2.45, 2.75) is 19.8 Å².